The van der Waals surface area contributed by atoms with E-state index in [0.29, 0.717) is 15.9 Å². The van der Waals surface area contributed by atoms with Gasteiger partial charge >= 0.3 is 0 Å². The molecule has 0 bridgehead atoms. The fraction of sp³-hybridized carbons (Fsp3) is 0.100. The molecule has 0 aliphatic rings. The molecule has 0 spiro atoms. The summed E-state index contributed by atoms with van der Waals surface area (Å²) in [6.45, 7) is 0. The third kappa shape index (κ3) is 2.29. The fourth-order valence-corrected chi connectivity index (χ4v) is 1.83. The van der Waals surface area contributed by atoms with Crippen LogP contribution in [0.2, 0.25) is 10.0 Å². The Morgan fingerprint density at radius 2 is 1.81 bits per heavy atom. The maximum Gasteiger partial charge on any atom is 0.153 e. The molecule has 2 N–H and O–H groups in total. The Hall–Kier alpha value is -1.23. The average molecular weight is 255 g/mol. The Kier molecular flexibility index (Phi) is 3.33. The number of nitrogens with two attached hydrogens (primary N) is 1. The van der Waals surface area contributed by atoms with Crippen LogP contribution in [0.4, 0.5) is 0 Å². The van der Waals surface area contributed by atoms with Crippen LogP contribution >= 0.6 is 23.2 Å². The third-order valence-electron chi connectivity index (χ3n) is 2.09. The number of nitrogens with zero attached hydrogens (tertiary/aromatic N) is 3. The highest BCUT2D eigenvalue weighted by atomic mass is 35.5. The lowest BCUT2D eigenvalue weighted by Crippen LogP contribution is -2.15. The first-order valence-corrected chi connectivity index (χ1v) is 5.26. The van der Waals surface area contributed by atoms with Gasteiger partial charge in [-0.15, -0.1) is 0 Å². The van der Waals surface area contributed by atoms with E-state index >= 15 is 0 Å². The molecule has 1 aromatic carbocycles. The highest BCUT2D eigenvalue weighted by molar-refractivity contribution is 6.35. The molecule has 6 heteroatoms. The Morgan fingerprint density at radius 1 is 1.12 bits per heavy atom. The first-order valence-electron chi connectivity index (χ1n) is 4.51. The zero-order valence-electron chi connectivity index (χ0n) is 8.14. The summed E-state index contributed by atoms with van der Waals surface area (Å²) in [5.74, 6) is 0.472. The van der Waals surface area contributed by atoms with Crippen molar-refractivity contribution in [2.24, 2.45) is 5.73 Å². The highest BCUT2D eigenvalue weighted by Crippen LogP contribution is 2.27. The molecule has 0 saturated heterocycles. The Balaban J connectivity index is 2.38. The molecule has 1 heterocycles. The smallest absolute Gasteiger partial charge is 0.153 e. The minimum atomic E-state index is -0.479. The van der Waals surface area contributed by atoms with Gasteiger partial charge in [-0.05, 0) is 17.7 Å². The maximum absolute atomic E-state index is 6.04. The lowest BCUT2D eigenvalue weighted by atomic mass is 10.1. The zero-order chi connectivity index (χ0) is 11.5. The van der Waals surface area contributed by atoms with E-state index in [2.05, 4.69) is 15.0 Å². The average Bonchev–Trinajstić information content (AvgIpc) is 2.29. The van der Waals surface area contributed by atoms with Crippen LogP contribution in [0.1, 0.15) is 17.4 Å². The van der Waals surface area contributed by atoms with Crippen LogP contribution in [-0.2, 0) is 0 Å². The van der Waals surface area contributed by atoms with Gasteiger partial charge in [-0.2, -0.15) is 0 Å². The molecule has 82 valence electrons. The molecule has 0 saturated carbocycles. The SMILES string of the molecule is NC(c1ncncn1)c1ccc(Cl)cc1Cl. The zero-order valence-corrected chi connectivity index (χ0v) is 9.65. The van der Waals surface area contributed by atoms with Gasteiger partial charge in [-0.3, -0.25) is 0 Å². The van der Waals surface area contributed by atoms with Gasteiger partial charge in [0.05, 0.1) is 6.04 Å². The quantitative estimate of drug-likeness (QED) is 0.893. The van der Waals surface area contributed by atoms with Crippen LogP contribution in [0, 0.1) is 0 Å². The molecule has 1 atom stereocenters. The molecule has 0 aliphatic heterocycles. The number of benzene rings is 1. The van der Waals surface area contributed by atoms with Gasteiger partial charge in [0.25, 0.3) is 0 Å². The maximum atomic E-state index is 6.04. The molecule has 4 nitrogen and oxygen atoms in total. The van der Waals surface area contributed by atoms with Gasteiger partial charge < -0.3 is 5.73 Å². The molecule has 2 rings (SSSR count). The molecule has 0 radical (unpaired) electrons. The Morgan fingerprint density at radius 3 is 2.44 bits per heavy atom. The molecule has 16 heavy (non-hydrogen) atoms. The van der Waals surface area contributed by atoms with E-state index in [1.54, 1.807) is 18.2 Å². The van der Waals surface area contributed by atoms with Gasteiger partial charge in [0.15, 0.2) is 5.82 Å². The van der Waals surface area contributed by atoms with Crippen LogP contribution in [0.25, 0.3) is 0 Å². The molecule has 0 amide bonds. The largest absolute Gasteiger partial charge is 0.318 e. The summed E-state index contributed by atoms with van der Waals surface area (Å²) in [4.78, 5) is 11.7. The van der Waals surface area contributed by atoms with Crippen molar-refractivity contribution < 1.29 is 0 Å². The van der Waals surface area contributed by atoms with Crippen molar-refractivity contribution in [1.29, 1.82) is 0 Å². The van der Waals surface area contributed by atoms with Gasteiger partial charge in [0, 0.05) is 10.0 Å². The normalized spacial score (nSPS) is 12.4. The minimum Gasteiger partial charge on any atom is -0.318 e. The van der Waals surface area contributed by atoms with E-state index in [-0.39, 0.29) is 0 Å². The molecule has 0 aliphatic carbocycles. The molecular formula is C10H8Cl2N4. The summed E-state index contributed by atoms with van der Waals surface area (Å²) < 4.78 is 0. The van der Waals surface area contributed by atoms with Crippen LogP contribution in [-0.4, -0.2) is 15.0 Å². The van der Waals surface area contributed by atoms with Gasteiger partial charge in [0.1, 0.15) is 12.7 Å². The minimum absolute atomic E-state index is 0.472. The van der Waals surface area contributed by atoms with Crippen LogP contribution in [0.15, 0.2) is 30.9 Å². The molecule has 1 aromatic heterocycles. The number of aromatic nitrogens is 3. The van der Waals surface area contributed by atoms with Crippen molar-refractivity contribution in [3.63, 3.8) is 0 Å². The fourth-order valence-electron chi connectivity index (χ4n) is 1.30. The summed E-state index contributed by atoms with van der Waals surface area (Å²) in [7, 11) is 0. The van der Waals surface area contributed by atoms with Gasteiger partial charge in [0.2, 0.25) is 0 Å². The number of hydrogen-bond acceptors (Lipinski definition) is 4. The predicted molar refractivity (Wildman–Crippen MR) is 62.3 cm³/mol. The van der Waals surface area contributed by atoms with Crippen LogP contribution < -0.4 is 5.73 Å². The summed E-state index contributed by atoms with van der Waals surface area (Å²) in [5, 5.41) is 1.07. The summed E-state index contributed by atoms with van der Waals surface area (Å²) in [6, 6.07) is 4.65. The van der Waals surface area contributed by atoms with E-state index in [4.69, 9.17) is 28.9 Å². The molecule has 2 aromatic rings. The molecular weight excluding hydrogens is 247 g/mol. The van der Waals surface area contributed by atoms with Crippen molar-refractivity contribution in [3.8, 4) is 0 Å². The van der Waals surface area contributed by atoms with Gasteiger partial charge in [-0.25, -0.2) is 15.0 Å². The first kappa shape index (κ1) is 11.3. The van der Waals surface area contributed by atoms with Crippen molar-refractivity contribution in [1.82, 2.24) is 15.0 Å². The second-order valence-corrected chi connectivity index (χ2v) is 3.98. The van der Waals surface area contributed by atoms with E-state index in [0.717, 1.165) is 5.56 Å². The summed E-state index contributed by atoms with van der Waals surface area (Å²) in [5.41, 5.74) is 6.72. The lowest BCUT2D eigenvalue weighted by molar-refractivity contribution is 0.766. The number of rotatable bonds is 2. The Labute approximate surface area is 102 Å². The Bertz CT molecular complexity index is 489. The van der Waals surface area contributed by atoms with E-state index in [1.165, 1.54) is 12.7 Å². The van der Waals surface area contributed by atoms with Crippen molar-refractivity contribution in [3.05, 3.63) is 52.3 Å². The number of halogens is 2. The van der Waals surface area contributed by atoms with E-state index < -0.39 is 6.04 Å². The topological polar surface area (TPSA) is 64.7 Å². The predicted octanol–water partition coefficient (Wildman–Crippen LogP) is 2.23. The standard InChI is InChI=1S/C10H8Cl2N4/c11-6-1-2-7(8(12)3-6)9(13)10-15-4-14-5-16-10/h1-5,9H,13H2. The van der Waals surface area contributed by atoms with Crippen molar-refractivity contribution in [2.75, 3.05) is 0 Å². The van der Waals surface area contributed by atoms with Crippen molar-refractivity contribution >= 4 is 23.2 Å². The van der Waals surface area contributed by atoms with Crippen molar-refractivity contribution in [2.45, 2.75) is 6.04 Å². The highest BCUT2D eigenvalue weighted by Gasteiger charge is 2.14. The van der Waals surface area contributed by atoms with Gasteiger partial charge in [-0.1, -0.05) is 29.3 Å². The third-order valence-corrected chi connectivity index (χ3v) is 2.65. The van der Waals surface area contributed by atoms with E-state index in [1.807, 2.05) is 0 Å². The summed E-state index contributed by atoms with van der Waals surface area (Å²) >= 11 is 11.8. The molecule has 1 unspecified atom stereocenters. The summed E-state index contributed by atoms with van der Waals surface area (Å²) in [6.07, 6.45) is 2.79. The second-order valence-electron chi connectivity index (χ2n) is 3.14. The monoisotopic (exact) mass is 254 g/mol. The number of hydrogen-bond donors (Lipinski definition) is 1. The lowest BCUT2D eigenvalue weighted by Gasteiger charge is -2.11. The second kappa shape index (κ2) is 4.74. The van der Waals surface area contributed by atoms with Crippen LogP contribution in [0.5, 0.6) is 0 Å². The first-order chi connectivity index (χ1) is 7.68. The van der Waals surface area contributed by atoms with E-state index in [9.17, 15) is 0 Å². The van der Waals surface area contributed by atoms with Crippen LogP contribution in [0.3, 0.4) is 0 Å². The molecule has 0 fully saturated rings.